The summed E-state index contributed by atoms with van der Waals surface area (Å²) in [5.41, 5.74) is 8.38. The van der Waals surface area contributed by atoms with Crippen LogP contribution in [0.4, 0.5) is 0 Å². The average molecular weight is 366 g/mol. The summed E-state index contributed by atoms with van der Waals surface area (Å²) in [7, 11) is 0. The molecular weight excluding hydrogens is 344 g/mol. The quantitative estimate of drug-likeness (QED) is 0.352. The van der Waals surface area contributed by atoms with Gasteiger partial charge in [-0.25, -0.2) is 0 Å². The van der Waals surface area contributed by atoms with Crippen LogP contribution in [0.1, 0.15) is 34.0 Å². The van der Waals surface area contributed by atoms with Crippen molar-refractivity contribution >= 4 is 21.8 Å². The van der Waals surface area contributed by atoms with Crippen LogP contribution in [-0.2, 0) is 0 Å². The Morgan fingerprint density at radius 2 is 1.11 bits per heavy atom. The van der Waals surface area contributed by atoms with Gasteiger partial charge in [0, 0.05) is 39.1 Å². The Morgan fingerprint density at radius 3 is 1.61 bits per heavy atom. The Bertz CT molecular complexity index is 1210. The van der Waals surface area contributed by atoms with Gasteiger partial charge in [-0.05, 0) is 54.8 Å². The topological polar surface area (TPSA) is 51.8 Å². The van der Waals surface area contributed by atoms with Gasteiger partial charge in [0.2, 0.25) is 0 Å². The van der Waals surface area contributed by atoms with Crippen molar-refractivity contribution in [1.82, 2.24) is 9.97 Å². The molecule has 0 fully saturated rings. The highest BCUT2D eigenvalue weighted by Crippen LogP contribution is 2.42. The summed E-state index contributed by atoms with van der Waals surface area (Å²) in [4.78, 5) is 7.12. The average Bonchev–Trinajstić information content (AvgIpc) is 3.20. The van der Waals surface area contributed by atoms with Gasteiger partial charge in [0.15, 0.2) is 0 Å². The van der Waals surface area contributed by atoms with Gasteiger partial charge in [0.1, 0.15) is 5.75 Å². The van der Waals surface area contributed by atoms with E-state index in [1.54, 1.807) is 12.1 Å². The number of rotatable bonds is 3. The third-order valence-corrected chi connectivity index (χ3v) is 5.69. The molecule has 28 heavy (non-hydrogen) atoms. The van der Waals surface area contributed by atoms with Gasteiger partial charge in [-0.15, -0.1) is 0 Å². The number of hydrogen-bond donors (Lipinski definition) is 3. The maximum atomic E-state index is 9.84. The second-order valence-electron chi connectivity index (χ2n) is 7.44. The number of nitrogens with one attached hydrogen (secondary N) is 2. The zero-order valence-electron chi connectivity index (χ0n) is 16.0. The van der Waals surface area contributed by atoms with Crippen molar-refractivity contribution in [3.63, 3.8) is 0 Å². The Morgan fingerprint density at radius 1 is 0.643 bits per heavy atom. The fraction of sp³-hybridized carbons (Fsp3) is 0.120. The lowest BCUT2D eigenvalue weighted by molar-refractivity contribution is 0.475. The molecule has 0 saturated carbocycles. The van der Waals surface area contributed by atoms with Gasteiger partial charge >= 0.3 is 0 Å². The number of aryl methyl sites for hydroxylation is 2. The van der Waals surface area contributed by atoms with Gasteiger partial charge in [-0.1, -0.05) is 48.5 Å². The second kappa shape index (κ2) is 6.31. The fourth-order valence-electron chi connectivity index (χ4n) is 4.49. The first-order valence-corrected chi connectivity index (χ1v) is 9.57. The van der Waals surface area contributed by atoms with Gasteiger partial charge < -0.3 is 15.1 Å². The van der Waals surface area contributed by atoms with Crippen molar-refractivity contribution in [2.45, 2.75) is 19.8 Å². The molecule has 0 aliphatic carbocycles. The van der Waals surface area contributed by atoms with Crippen molar-refractivity contribution in [3.05, 3.63) is 101 Å². The van der Waals surface area contributed by atoms with Gasteiger partial charge in [0.25, 0.3) is 0 Å². The number of H-pyrrole nitrogens is 2. The van der Waals surface area contributed by atoms with Gasteiger partial charge in [-0.2, -0.15) is 0 Å². The zero-order chi connectivity index (χ0) is 19.3. The molecule has 3 aromatic carbocycles. The van der Waals surface area contributed by atoms with Crippen LogP contribution in [0.25, 0.3) is 21.8 Å². The molecule has 0 aliphatic rings. The maximum Gasteiger partial charge on any atom is 0.115 e. The maximum absolute atomic E-state index is 9.84. The number of phenolic OH excluding ortho intramolecular Hbond substituents is 1. The van der Waals surface area contributed by atoms with Crippen molar-refractivity contribution in [2.24, 2.45) is 0 Å². The van der Waals surface area contributed by atoms with E-state index in [2.05, 4.69) is 72.3 Å². The number of aromatic nitrogens is 2. The Kier molecular flexibility index (Phi) is 3.76. The van der Waals surface area contributed by atoms with E-state index in [1.165, 1.54) is 38.9 Å². The van der Waals surface area contributed by atoms with Crippen LogP contribution in [0.3, 0.4) is 0 Å². The zero-order valence-corrected chi connectivity index (χ0v) is 16.0. The minimum Gasteiger partial charge on any atom is -0.508 e. The molecule has 5 aromatic rings. The summed E-state index contributed by atoms with van der Waals surface area (Å²) in [5, 5.41) is 12.3. The van der Waals surface area contributed by atoms with Crippen LogP contribution in [0.15, 0.2) is 72.8 Å². The monoisotopic (exact) mass is 366 g/mol. The van der Waals surface area contributed by atoms with Crippen LogP contribution in [0.5, 0.6) is 5.75 Å². The van der Waals surface area contributed by atoms with E-state index in [1.807, 2.05) is 12.1 Å². The molecule has 3 nitrogen and oxygen atoms in total. The van der Waals surface area contributed by atoms with E-state index in [0.717, 1.165) is 11.0 Å². The molecule has 3 heteroatoms. The summed E-state index contributed by atoms with van der Waals surface area (Å²) in [6, 6.07) is 24.5. The molecule has 2 heterocycles. The molecule has 0 saturated heterocycles. The predicted octanol–water partition coefficient (Wildman–Crippen LogP) is 6.15. The van der Waals surface area contributed by atoms with Crippen molar-refractivity contribution in [2.75, 3.05) is 0 Å². The first-order chi connectivity index (χ1) is 13.6. The first kappa shape index (κ1) is 16.7. The molecule has 3 N–H and O–H groups in total. The number of aromatic hydroxyl groups is 1. The number of fused-ring (bicyclic) bond motifs is 2. The predicted molar refractivity (Wildman–Crippen MR) is 115 cm³/mol. The molecule has 0 amide bonds. The second-order valence-corrected chi connectivity index (χ2v) is 7.44. The minimum absolute atomic E-state index is 0.0629. The summed E-state index contributed by atoms with van der Waals surface area (Å²) in [6.07, 6.45) is 0. The lowest BCUT2D eigenvalue weighted by atomic mass is 9.82. The van der Waals surface area contributed by atoms with Crippen molar-refractivity contribution < 1.29 is 5.11 Å². The van der Waals surface area contributed by atoms with Gasteiger partial charge in [0.05, 0.1) is 0 Å². The standard InChI is InChI=1S/C25H22N2O/c1-15-23(19-7-3-5-9-21(19)26-15)25(17-11-13-18(28)14-12-17)24-16(2)27-22-10-6-4-8-20(22)24/h3-14,25-28H,1-2H3. The van der Waals surface area contributed by atoms with E-state index in [9.17, 15) is 5.11 Å². The fourth-order valence-corrected chi connectivity index (χ4v) is 4.49. The number of aromatic amines is 2. The summed E-state index contributed by atoms with van der Waals surface area (Å²) in [5.74, 6) is 0.349. The molecule has 0 atom stereocenters. The lowest BCUT2D eigenvalue weighted by Crippen LogP contribution is -2.05. The Balaban J connectivity index is 1.87. The van der Waals surface area contributed by atoms with E-state index in [0.29, 0.717) is 0 Å². The van der Waals surface area contributed by atoms with E-state index >= 15 is 0 Å². The number of benzene rings is 3. The highest BCUT2D eigenvalue weighted by molar-refractivity contribution is 5.90. The number of hydrogen-bond acceptors (Lipinski definition) is 1. The third kappa shape index (κ3) is 2.51. The van der Waals surface area contributed by atoms with Crippen molar-refractivity contribution in [3.8, 4) is 5.75 Å². The minimum atomic E-state index is 0.0629. The van der Waals surface area contributed by atoms with E-state index in [-0.39, 0.29) is 11.7 Å². The largest absolute Gasteiger partial charge is 0.508 e. The molecule has 0 bridgehead atoms. The third-order valence-electron chi connectivity index (χ3n) is 5.69. The molecule has 5 rings (SSSR count). The molecular formula is C25H22N2O. The first-order valence-electron chi connectivity index (χ1n) is 9.57. The van der Waals surface area contributed by atoms with Gasteiger partial charge in [-0.3, -0.25) is 0 Å². The molecule has 0 unspecified atom stereocenters. The molecule has 2 aromatic heterocycles. The lowest BCUT2D eigenvalue weighted by Gasteiger charge is -2.20. The molecule has 0 aliphatic heterocycles. The van der Waals surface area contributed by atoms with Crippen LogP contribution in [0, 0.1) is 13.8 Å². The Hall–Kier alpha value is -3.46. The number of phenols is 1. The van der Waals surface area contributed by atoms with Crippen molar-refractivity contribution in [1.29, 1.82) is 0 Å². The smallest absolute Gasteiger partial charge is 0.115 e. The van der Waals surface area contributed by atoms with Crippen LogP contribution >= 0.6 is 0 Å². The van der Waals surface area contributed by atoms with E-state index in [4.69, 9.17) is 0 Å². The van der Waals surface area contributed by atoms with E-state index < -0.39 is 0 Å². The number of para-hydroxylation sites is 2. The Labute approximate surface area is 163 Å². The highest BCUT2D eigenvalue weighted by atomic mass is 16.3. The summed E-state index contributed by atoms with van der Waals surface area (Å²) in [6.45, 7) is 4.29. The SMILES string of the molecule is Cc1[nH]c2ccccc2c1C(c1ccc(O)cc1)c1c(C)[nH]c2ccccc12. The van der Waals surface area contributed by atoms with Crippen LogP contribution < -0.4 is 0 Å². The van der Waals surface area contributed by atoms with Crippen LogP contribution in [0.2, 0.25) is 0 Å². The molecule has 0 radical (unpaired) electrons. The van der Waals surface area contributed by atoms with Crippen LogP contribution in [-0.4, -0.2) is 15.1 Å². The normalized spacial score (nSPS) is 11.7. The molecule has 138 valence electrons. The molecule has 0 spiro atoms. The highest BCUT2D eigenvalue weighted by Gasteiger charge is 2.26. The summed E-state index contributed by atoms with van der Waals surface area (Å²) >= 11 is 0. The summed E-state index contributed by atoms with van der Waals surface area (Å²) < 4.78 is 0.